The number of primary amides is 1. The molecule has 0 unspecified atom stereocenters. The van der Waals surface area contributed by atoms with Gasteiger partial charge in [0.1, 0.15) is 0 Å². The van der Waals surface area contributed by atoms with Gasteiger partial charge in [0.25, 0.3) is 0 Å². The minimum absolute atomic E-state index is 0.770. The Labute approximate surface area is 41.9 Å². The molecule has 4 heteroatoms. The Balaban J connectivity index is 2.85. The number of carbonyl (C=O) groups is 1. The summed E-state index contributed by atoms with van der Waals surface area (Å²) >= 11 is 1.55. The summed E-state index contributed by atoms with van der Waals surface area (Å²) in [5.41, 5.74) is 4.42. The number of nitrogens with two attached hydrogens (primary N) is 1. The molecule has 0 bridgehead atoms. The molecule has 0 aliphatic heterocycles. The Morgan fingerprint density at radius 2 is 2.20 bits per heavy atom. The van der Waals surface area contributed by atoms with Crippen LogP contribution in [-0.4, -0.2) is 6.09 Å². The van der Waals surface area contributed by atoms with Crippen molar-refractivity contribution in [3.05, 3.63) is 0 Å². The molecule has 0 radical (unpaired) electrons. The number of hydrogen-bond donors (Lipinski definition) is 1. The summed E-state index contributed by atoms with van der Waals surface area (Å²) in [6, 6.07) is 0. The molecule has 0 aliphatic rings. The van der Waals surface area contributed by atoms with E-state index in [0.29, 0.717) is 0 Å². The molecule has 0 fully saturated rings. The summed E-state index contributed by atoms with van der Waals surface area (Å²) in [6.45, 7) is 0. The maximum atomic E-state index is 9.35. The Kier molecular flexibility index (Phi) is 2.26. The van der Waals surface area contributed by atoms with Crippen LogP contribution >= 0.6 is 0 Å². The summed E-state index contributed by atoms with van der Waals surface area (Å²) in [5.74, 6) is 0. The van der Waals surface area contributed by atoms with Crippen LogP contribution in [0.15, 0.2) is 0 Å². The Morgan fingerprint density at radius 1 is 2.00 bits per heavy atom. The first kappa shape index (κ1) is 5.01. The quantitative estimate of drug-likeness (QED) is 0.597. The maximum absolute atomic E-state index is 9.35. The number of rotatable bonds is 0. The van der Waals surface area contributed by atoms with Crippen LogP contribution in [0.1, 0.15) is 0 Å². The Hall–Kier alpha value is 0.0103. The second kappa shape index (κ2) is 2.26. The average Bonchev–Trinajstić information content (AvgIpc) is 1.38. The van der Waals surface area contributed by atoms with Crippen LogP contribution < -0.4 is 5.73 Å². The van der Waals surface area contributed by atoms with Gasteiger partial charge in [-0.15, -0.1) is 0 Å². The molecule has 5 heavy (non-hydrogen) atoms. The summed E-state index contributed by atoms with van der Waals surface area (Å²) < 4.78 is 3.83. The molecular weight excluding hydrogens is 255 g/mol. The van der Waals surface area contributed by atoms with E-state index in [0.717, 1.165) is 0 Å². The van der Waals surface area contributed by atoms with Gasteiger partial charge in [0.15, 0.2) is 0 Å². The number of carbonyl (C=O) groups excluding carboxylic acids is 1. The fourth-order valence-electron chi connectivity index (χ4n) is 0. The monoisotopic (exact) mass is 257 g/mol. The van der Waals surface area contributed by atoms with Gasteiger partial charge in [-0.3, -0.25) is 0 Å². The van der Waals surface area contributed by atoms with Crippen molar-refractivity contribution < 1.29 is 29.5 Å². The number of amides is 1. The van der Waals surface area contributed by atoms with Crippen LogP contribution in [0.3, 0.4) is 0 Å². The summed E-state index contributed by atoms with van der Waals surface area (Å²) in [4.78, 5) is 9.35. The van der Waals surface area contributed by atoms with Crippen molar-refractivity contribution in [1.29, 1.82) is 0 Å². The van der Waals surface area contributed by atoms with Crippen LogP contribution in [0.4, 0.5) is 4.79 Å². The number of hydrogen-bond acceptors (Lipinski definition) is 2. The zero-order chi connectivity index (χ0) is 4.28. The van der Waals surface area contributed by atoms with Crippen LogP contribution in [0, 0.1) is 0 Å². The Bertz CT molecular complexity index is 44.9. The van der Waals surface area contributed by atoms with Crippen molar-refractivity contribution in [2.75, 3.05) is 0 Å². The SMILES string of the molecule is NC(=O)[O][Au]. The van der Waals surface area contributed by atoms with Crippen molar-refractivity contribution in [3.63, 3.8) is 0 Å². The van der Waals surface area contributed by atoms with Gasteiger partial charge in [-0.1, -0.05) is 0 Å². The van der Waals surface area contributed by atoms with Crippen molar-refractivity contribution in [2.24, 2.45) is 5.73 Å². The van der Waals surface area contributed by atoms with E-state index in [1.165, 1.54) is 0 Å². The van der Waals surface area contributed by atoms with E-state index in [4.69, 9.17) is 0 Å². The van der Waals surface area contributed by atoms with E-state index in [1.54, 1.807) is 21.5 Å². The first-order valence-corrected chi connectivity index (χ1v) is 1.70. The van der Waals surface area contributed by atoms with Gasteiger partial charge in [-0.2, -0.15) is 0 Å². The molecule has 34 valence electrons. The molecular formula is CH2AuNO2. The third-order valence-corrected chi connectivity index (χ3v) is 0.497. The molecule has 0 rings (SSSR count). The second-order valence-electron chi connectivity index (χ2n) is 0.381. The van der Waals surface area contributed by atoms with Gasteiger partial charge >= 0.3 is 41.3 Å². The normalized spacial score (nSPS) is 6.80. The fourth-order valence-corrected chi connectivity index (χ4v) is 0. The standard InChI is InChI=1S/CH3NO2.Au/c2-1(3)4;/h2H2,(H,3,4);/q;+1/p-1. The molecule has 0 saturated heterocycles. The average molecular weight is 257 g/mol. The fraction of sp³-hybridized carbons (Fsp3) is 0. The Morgan fingerprint density at radius 3 is 2.20 bits per heavy atom. The molecule has 0 aliphatic carbocycles. The molecule has 0 aromatic carbocycles. The molecule has 1 amide bonds. The van der Waals surface area contributed by atoms with Crippen LogP contribution in [0.25, 0.3) is 0 Å². The first-order valence-electron chi connectivity index (χ1n) is 0.820. The van der Waals surface area contributed by atoms with Gasteiger partial charge in [0.2, 0.25) is 0 Å². The van der Waals surface area contributed by atoms with Gasteiger partial charge in [-0.25, -0.2) is 0 Å². The predicted octanol–water partition coefficient (Wildman–Crippen LogP) is -0.456. The van der Waals surface area contributed by atoms with Crippen molar-refractivity contribution >= 4 is 6.09 Å². The van der Waals surface area contributed by atoms with Gasteiger partial charge in [0, 0.05) is 0 Å². The van der Waals surface area contributed by atoms with E-state index in [-0.39, 0.29) is 0 Å². The van der Waals surface area contributed by atoms with Crippen molar-refractivity contribution in [2.45, 2.75) is 0 Å². The zero-order valence-corrected chi connectivity index (χ0v) is 4.36. The molecule has 0 aromatic heterocycles. The van der Waals surface area contributed by atoms with Crippen molar-refractivity contribution in [1.82, 2.24) is 0 Å². The van der Waals surface area contributed by atoms with Crippen LogP contribution in [0.2, 0.25) is 0 Å². The molecule has 3 nitrogen and oxygen atoms in total. The van der Waals surface area contributed by atoms with Crippen LogP contribution in [0.5, 0.6) is 0 Å². The molecule has 0 saturated carbocycles. The molecule has 0 atom stereocenters. The third-order valence-electron chi connectivity index (χ3n) is 0.0607. The van der Waals surface area contributed by atoms with E-state index in [9.17, 15) is 4.79 Å². The van der Waals surface area contributed by atoms with E-state index >= 15 is 0 Å². The van der Waals surface area contributed by atoms with Gasteiger partial charge in [0.05, 0.1) is 0 Å². The minimum atomic E-state index is -0.770. The summed E-state index contributed by atoms with van der Waals surface area (Å²) in [5, 5.41) is 0. The van der Waals surface area contributed by atoms with E-state index in [2.05, 4.69) is 8.98 Å². The topological polar surface area (TPSA) is 52.3 Å². The third kappa shape index (κ3) is 4.01. The first-order chi connectivity index (χ1) is 2.27. The van der Waals surface area contributed by atoms with Crippen molar-refractivity contribution in [3.8, 4) is 0 Å². The van der Waals surface area contributed by atoms with Gasteiger partial charge < -0.3 is 0 Å². The zero-order valence-electron chi connectivity index (χ0n) is 2.20. The molecule has 0 heterocycles. The van der Waals surface area contributed by atoms with Crippen LogP contribution in [-0.2, 0) is 24.7 Å². The van der Waals surface area contributed by atoms with E-state index in [1.807, 2.05) is 0 Å². The molecule has 0 spiro atoms. The summed E-state index contributed by atoms with van der Waals surface area (Å²) in [7, 11) is 0. The van der Waals surface area contributed by atoms with Gasteiger partial charge in [-0.05, 0) is 0 Å². The molecule has 0 aromatic rings. The van der Waals surface area contributed by atoms with E-state index < -0.39 is 6.09 Å². The molecule has 2 N–H and O–H groups in total. The summed E-state index contributed by atoms with van der Waals surface area (Å²) in [6.07, 6.45) is -0.770. The second-order valence-corrected chi connectivity index (χ2v) is 0.823. The predicted molar refractivity (Wildman–Crippen MR) is 10.7 cm³/mol.